The van der Waals surface area contributed by atoms with Gasteiger partial charge in [0, 0.05) is 52.1 Å². The van der Waals surface area contributed by atoms with E-state index >= 15 is 0 Å². The first-order chi connectivity index (χ1) is 12.7. The number of pyridine rings is 1. The Bertz CT molecular complexity index is 755. The molecule has 5 N–H and O–H groups in total. The first kappa shape index (κ1) is 20.7. The van der Waals surface area contributed by atoms with Gasteiger partial charge in [-0.25, -0.2) is 0 Å². The highest BCUT2D eigenvalue weighted by atomic mass is 79.9. The molecule has 0 aliphatic carbocycles. The fraction of sp³-hybridized carbons (Fsp3) is 0.471. The van der Waals surface area contributed by atoms with Gasteiger partial charge in [0.25, 0.3) is 0 Å². The normalized spacial score (nSPS) is 24.7. The van der Waals surface area contributed by atoms with Gasteiger partial charge in [0.05, 0.1) is 11.3 Å². The summed E-state index contributed by atoms with van der Waals surface area (Å²) in [5.74, 6) is 0. The Balaban J connectivity index is 1.60. The summed E-state index contributed by atoms with van der Waals surface area (Å²) in [6, 6.07) is 4.19. The number of hydrogen-bond acceptors (Lipinski definition) is 6. The second kappa shape index (κ2) is 8.54. The molecule has 2 aromatic rings. The maximum atomic E-state index is 12.8. The molecule has 1 saturated heterocycles. The molecule has 1 fully saturated rings. The van der Waals surface area contributed by atoms with E-state index in [1.807, 2.05) is 0 Å². The molecule has 5 nitrogen and oxygen atoms in total. The van der Waals surface area contributed by atoms with Crippen molar-refractivity contribution in [2.24, 2.45) is 5.73 Å². The van der Waals surface area contributed by atoms with Crippen LogP contribution in [-0.4, -0.2) is 35.3 Å². The van der Waals surface area contributed by atoms with E-state index < -0.39 is 17.8 Å². The quantitative estimate of drug-likeness (QED) is 0.546. The van der Waals surface area contributed by atoms with Gasteiger partial charge in [-0.1, -0.05) is 0 Å². The molecule has 4 unspecified atom stereocenters. The fourth-order valence-corrected chi connectivity index (χ4v) is 4.26. The number of hydrogen-bond donors (Lipinski definition) is 4. The molecule has 27 heavy (non-hydrogen) atoms. The van der Waals surface area contributed by atoms with E-state index in [2.05, 4.69) is 31.5 Å². The van der Waals surface area contributed by atoms with Crippen LogP contribution in [0.4, 0.5) is 13.2 Å². The van der Waals surface area contributed by atoms with Crippen molar-refractivity contribution in [1.29, 1.82) is 0 Å². The minimum atomic E-state index is -4.33. The first-order valence-electron chi connectivity index (χ1n) is 8.41. The van der Waals surface area contributed by atoms with Crippen LogP contribution in [0.15, 0.2) is 34.2 Å². The maximum absolute atomic E-state index is 12.8. The van der Waals surface area contributed by atoms with Gasteiger partial charge < -0.3 is 21.5 Å². The van der Waals surface area contributed by atoms with Crippen LogP contribution in [0, 0.1) is 0 Å². The second-order valence-corrected chi connectivity index (χ2v) is 8.39. The number of aromatic nitrogens is 1. The summed E-state index contributed by atoms with van der Waals surface area (Å²) in [6.07, 6.45) is -2.98. The summed E-state index contributed by atoms with van der Waals surface area (Å²) in [4.78, 5) is 4.80. The van der Waals surface area contributed by atoms with E-state index in [0.717, 1.165) is 21.2 Å². The molecule has 4 atom stereocenters. The zero-order chi connectivity index (χ0) is 19.6. The molecule has 3 heterocycles. The van der Waals surface area contributed by atoms with Crippen LogP contribution in [0.5, 0.6) is 0 Å². The summed E-state index contributed by atoms with van der Waals surface area (Å²) in [5, 5.41) is 17.9. The third-order valence-electron chi connectivity index (χ3n) is 4.56. The second-order valence-electron chi connectivity index (χ2n) is 6.53. The average molecular weight is 465 g/mol. The Hall–Kier alpha value is -1.04. The molecule has 148 valence electrons. The minimum absolute atomic E-state index is 0.127. The number of alkyl halides is 3. The molecule has 1 aliphatic rings. The summed E-state index contributed by atoms with van der Waals surface area (Å²) in [5.41, 5.74) is 6.05. The molecule has 0 spiro atoms. The Morgan fingerprint density at radius 1 is 1.44 bits per heavy atom. The van der Waals surface area contributed by atoms with Crippen molar-refractivity contribution >= 4 is 27.3 Å². The van der Waals surface area contributed by atoms with E-state index in [4.69, 9.17) is 5.73 Å². The summed E-state index contributed by atoms with van der Waals surface area (Å²) in [7, 11) is 0. The number of piperidine rings is 1. The molecule has 0 bridgehead atoms. The lowest BCUT2D eigenvalue weighted by molar-refractivity contribution is -0.137. The van der Waals surface area contributed by atoms with Gasteiger partial charge in [-0.2, -0.15) is 13.2 Å². The minimum Gasteiger partial charge on any atom is -0.385 e. The van der Waals surface area contributed by atoms with Crippen LogP contribution in [0.25, 0.3) is 0 Å². The predicted octanol–water partition coefficient (Wildman–Crippen LogP) is 2.98. The molecule has 2 aromatic heterocycles. The lowest BCUT2D eigenvalue weighted by atomic mass is 9.94. The van der Waals surface area contributed by atoms with Gasteiger partial charge in [0.1, 0.15) is 6.10 Å². The van der Waals surface area contributed by atoms with Crippen LogP contribution < -0.4 is 16.4 Å². The van der Waals surface area contributed by atoms with E-state index in [0.29, 0.717) is 23.5 Å². The third kappa shape index (κ3) is 5.27. The highest BCUT2D eigenvalue weighted by Crippen LogP contribution is 2.36. The largest absolute Gasteiger partial charge is 0.417 e. The standard InChI is InChI=1S/C17H20BrF3N4OS/c18-10-1-2-12(23-5-10)15(26)7-25-13-4-14(24-6-11(13)22)16-3-9(8-27-16)17(19,20)21/h1-3,5,8,11,13-15,24-26H,4,6-7,22H2. The average Bonchev–Trinajstić information content (AvgIpc) is 3.12. The van der Waals surface area contributed by atoms with Crippen molar-refractivity contribution in [3.63, 3.8) is 0 Å². The maximum Gasteiger partial charge on any atom is 0.417 e. The molecule has 10 heteroatoms. The highest BCUT2D eigenvalue weighted by molar-refractivity contribution is 9.10. The number of aliphatic hydroxyl groups excluding tert-OH is 1. The fourth-order valence-electron chi connectivity index (χ4n) is 3.02. The Morgan fingerprint density at radius 3 is 2.85 bits per heavy atom. The van der Waals surface area contributed by atoms with Crippen LogP contribution in [-0.2, 0) is 6.18 Å². The van der Waals surface area contributed by atoms with Gasteiger partial charge in [-0.3, -0.25) is 4.98 Å². The van der Waals surface area contributed by atoms with Crippen molar-refractivity contribution in [2.75, 3.05) is 13.1 Å². The van der Waals surface area contributed by atoms with Crippen LogP contribution >= 0.6 is 27.3 Å². The van der Waals surface area contributed by atoms with Gasteiger partial charge in [-0.15, -0.1) is 11.3 Å². The Labute approximate surface area is 167 Å². The number of nitrogens with zero attached hydrogens (tertiary/aromatic N) is 1. The molecule has 1 aliphatic heterocycles. The lowest BCUT2D eigenvalue weighted by Crippen LogP contribution is -2.56. The van der Waals surface area contributed by atoms with Crippen molar-refractivity contribution in [1.82, 2.24) is 15.6 Å². The number of aliphatic hydroxyl groups is 1. The molecular formula is C17H20BrF3N4OS. The highest BCUT2D eigenvalue weighted by Gasteiger charge is 2.34. The first-order valence-corrected chi connectivity index (χ1v) is 10.1. The number of nitrogens with two attached hydrogens (primary N) is 1. The molecule has 0 aromatic carbocycles. The SMILES string of the molecule is NC1CNC(c2cc(C(F)(F)F)cs2)CC1NCC(O)c1ccc(Br)cn1. The number of nitrogens with one attached hydrogen (secondary N) is 2. The molecule has 0 amide bonds. The van der Waals surface area contributed by atoms with Gasteiger partial charge >= 0.3 is 6.18 Å². The van der Waals surface area contributed by atoms with Crippen LogP contribution in [0.1, 0.15) is 34.7 Å². The Kier molecular flexibility index (Phi) is 6.54. The molecule has 0 saturated carbocycles. The monoisotopic (exact) mass is 464 g/mol. The predicted molar refractivity (Wildman–Crippen MR) is 101 cm³/mol. The number of rotatable bonds is 5. The van der Waals surface area contributed by atoms with Gasteiger partial charge in [-0.05, 0) is 40.5 Å². The van der Waals surface area contributed by atoms with Crippen molar-refractivity contribution < 1.29 is 18.3 Å². The summed E-state index contributed by atoms with van der Waals surface area (Å²) >= 11 is 4.39. The van der Waals surface area contributed by atoms with Crippen LogP contribution in [0.3, 0.4) is 0 Å². The lowest BCUT2D eigenvalue weighted by Gasteiger charge is -2.35. The zero-order valence-electron chi connectivity index (χ0n) is 14.2. The molecule has 0 radical (unpaired) electrons. The smallest absolute Gasteiger partial charge is 0.385 e. The zero-order valence-corrected chi connectivity index (χ0v) is 16.6. The van der Waals surface area contributed by atoms with Crippen LogP contribution in [0.2, 0.25) is 0 Å². The van der Waals surface area contributed by atoms with Crippen molar-refractivity contribution in [3.8, 4) is 0 Å². The van der Waals surface area contributed by atoms with Gasteiger partial charge in [0.15, 0.2) is 0 Å². The number of thiophene rings is 1. The summed E-state index contributed by atoms with van der Waals surface area (Å²) in [6.45, 7) is 0.742. The molecule has 3 rings (SSSR count). The molecular weight excluding hydrogens is 445 g/mol. The number of halogens is 4. The Morgan fingerprint density at radius 2 is 2.22 bits per heavy atom. The summed E-state index contributed by atoms with van der Waals surface area (Å²) < 4.78 is 39.3. The van der Waals surface area contributed by atoms with E-state index in [-0.39, 0.29) is 24.7 Å². The third-order valence-corrected chi connectivity index (χ3v) is 6.08. The topological polar surface area (TPSA) is 83.2 Å². The van der Waals surface area contributed by atoms with E-state index in [9.17, 15) is 18.3 Å². The van der Waals surface area contributed by atoms with Crippen molar-refractivity contribution in [3.05, 3.63) is 50.4 Å². The van der Waals surface area contributed by atoms with Gasteiger partial charge in [0.2, 0.25) is 0 Å². The van der Waals surface area contributed by atoms with Crippen molar-refractivity contribution in [2.45, 2.75) is 36.8 Å². The van der Waals surface area contributed by atoms with E-state index in [1.54, 1.807) is 18.3 Å². The van der Waals surface area contributed by atoms with E-state index in [1.165, 1.54) is 6.07 Å².